The van der Waals surface area contributed by atoms with E-state index >= 15 is 0 Å². The monoisotopic (exact) mass is 357 g/mol. The molecule has 3 aromatic rings. The van der Waals surface area contributed by atoms with Gasteiger partial charge >= 0.3 is 0 Å². The molecule has 0 fully saturated rings. The Morgan fingerprint density at radius 2 is 1.96 bits per heavy atom. The molecule has 0 saturated heterocycles. The van der Waals surface area contributed by atoms with Crippen molar-refractivity contribution in [1.82, 2.24) is 14.8 Å². The van der Waals surface area contributed by atoms with Gasteiger partial charge in [0.2, 0.25) is 5.88 Å². The fourth-order valence-corrected chi connectivity index (χ4v) is 3.18. The second-order valence-electron chi connectivity index (χ2n) is 5.69. The molecule has 0 spiro atoms. The van der Waals surface area contributed by atoms with Crippen LogP contribution in [0.4, 0.5) is 0 Å². The highest BCUT2D eigenvalue weighted by Crippen LogP contribution is 2.35. The van der Waals surface area contributed by atoms with E-state index in [4.69, 9.17) is 4.74 Å². The van der Waals surface area contributed by atoms with Gasteiger partial charge in [0.1, 0.15) is 12.0 Å². The zero-order chi connectivity index (χ0) is 18.1. The second-order valence-corrected chi connectivity index (χ2v) is 7.07. The van der Waals surface area contributed by atoms with Crippen molar-refractivity contribution < 1.29 is 14.4 Å². The summed E-state index contributed by atoms with van der Waals surface area (Å²) in [7, 11) is 1.63. The van der Waals surface area contributed by atoms with Gasteiger partial charge in [-0.3, -0.25) is 0 Å². The summed E-state index contributed by atoms with van der Waals surface area (Å²) in [6.45, 7) is 3.78. The van der Waals surface area contributed by atoms with Crippen LogP contribution in [0.3, 0.4) is 0 Å². The highest BCUT2D eigenvalue weighted by molar-refractivity contribution is 7.90. The van der Waals surface area contributed by atoms with Gasteiger partial charge in [-0.1, -0.05) is 6.07 Å². The molecular formula is C18H19N3O3S. The molecule has 2 aromatic heterocycles. The molecule has 0 aliphatic rings. The Morgan fingerprint density at radius 1 is 1.20 bits per heavy atom. The number of methoxy groups -OCH3 is 1. The van der Waals surface area contributed by atoms with Gasteiger partial charge in [0.05, 0.1) is 24.6 Å². The molecule has 1 aromatic carbocycles. The van der Waals surface area contributed by atoms with Crippen molar-refractivity contribution >= 4 is 11.2 Å². The number of benzene rings is 1. The molecule has 0 aliphatic carbocycles. The minimum Gasteiger partial charge on any atom is -0.612 e. The zero-order valence-corrected chi connectivity index (χ0v) is 15.3. The maximum atomic E-state index is 11.5. The topological polar surface area (TPSA) is 83.2 Å². The van der Waals surface area contributed by atoms with Gasteiger partial charge in [0.15, 0.2) is 10.7 Å². The lowest BCUT2D eigenvalue weighted by atomic mass is 10.0. The van der Waals surface area contributed by atoms with Crippen molar-refractivity contribution in [3.8, 4) is 28.6 Å². The van der Waals surface area contributed by atoms with Crippen LogP contribution in [-0.2, 0) is 11.2 Å². The van der Waals surface area contributed by atoms with E-state index in [1.54, 1.807) is 25.5 Å². The molecule has 130 valence electrons. The SMILES string of the molecule is COc1ccc(-c2c(C)nn(-c3ccc([S+](C)[O-])cn3)c2O)cc1C. The largest absolute Gasteiger partial charge is 0.612 e. The average molecular weight is 357 g/mol. The highest BCUT2D eigenvalue weighted by atomic mass is 32.2. The fourth-order valence-electron chi connectivity index (χ4n) is 2.71. The summed E-state index contributed by atoms with van der Waals surface area (Å²) in [5.74, 6) is 1.27. The number of hydrogen-bond acceptors (Lipinski definition) is 5. The van der Waals surface area contributed by atoms with Crippen LogP contribution in [-0.4, -0.2) is 37.8 Å². The van der Waals surface area contributed by atoms with Crippen LogP contribution in [0.2, 0.25) is 0 Å². The molecule has 0 aliphatic heterocycles. The van der Waals surface area contributed by atoms with Crippen molar-refractivity contribution in [2.75, 3.05) is 13.4 Å². The number of aryl methyl sites for hydroxylation is 2. The molecule has 0 amide bonds. The van der Waals surface area contributed by atoms with Crippen LogP contribution in [0.5, 0.6) is 11.6 Å². The van der Waals surface area contributed by atoms with Crippen molar-refractivity contribution in [3.63, 3.8) is 0 Å². The number of pyridine rings is 1. The predicted octanol–water partition coefficient (Wildman–Crippen LogP) is 3.00. The third kappa shape index (κ3) is 3.20. The van der Waals surface area contributed by atoms with Crippen molar-refractivity contribution in [2.24, 2.45) is 0 Å². The minimum atomic E-state index is -1.10. The van der Waals surface area contributed by atoms with Gasteiger partial charge in [-0.25, -0.2) is 4.98 Å². The van der Waals surface area contributed by atoms with E-state index in [2.05, 4.69) is 10.1 Å². The molecule has 0 saturated carbocycles. The van der Waals surface area contributed by atoms with Gasteiger partial charge in [-0.2, -0.15) is 9.78 Å². The molecular weight excluding hydrogens is 338 g/mol. The molecule has 25 heavy (non-hydrogen) atoms. The first-order chi connectivity index (χ1) is 11.9. The van der Waals surface area contributed by atoms with Gasteiger partial charge in [-0.15, -0.1) is 0 Å². The summed E-state index contributed by atoms with van der Waals surface area (Å²) in [6, 6.07) is 9.10. The van der Waals surface area contributed by atoms with E-state index in [9.17, 15) is 9.66 Å². The van der Waals surface area contributed by atoms with Gasteiger partial charge in [0.25, 0.3) is 0 Å². The highest BCUT2D eigenvalue weighted by Gasteiger charge is 2.19. The molecule has 1 atom stereocenters. The van der Waals surface area contributed by atoms with Crippen LogP contribution in [0.25, 0.3) is 16.9 Å². The van der Waals surface area contributed by atoms with Gasteiger partial charge in [0, 0.05) is 0 Å². The van der Waals surface area contributed by atoms with Gasteiger partial charge < -0.3 is 14.4 Å². The standard InChI is InChI=1S/C18H19N3O3S/c1-11-9-13(5-7-15(11)24-3)17-12(2)20-21(18(17)22)16-8-6-14(10-19-16)25(4)23/h5-10,22H,1-4H3. The third-order valence-electron chi connectivity index (χ3n) is 3.99. The lowest BCUT2D eigenvalue weighted by Gasteiger charge is -2.08. The smallest absolute Gasteiger partial charge is 0.223 e. The molecule has 1 N–H and O–H groups in total. The summed E-state index contributed by atoms with van der Waals surface area (Å²) >= 11 is -1.10. The van der Waals surface area contributed by atoms with Crippen LogP contribution in [0.1, 0.15) is 11.3 Å². The molecule has 2 heterocycles. The van der Waals surface area contributed by atoms with E-state index in [-0.39, 0.29) is 5.88 Å². The summed E-state index contributed by atoms with van der Waals surface area (Å²) in [5, 5.41) is 15.1. The quantitative estimate of drug-likeness (QED) is 0.726. The lowest BCUT2D eigenvalue weighted by molar-refractivity contribution is 0.411. The van der Waals surface area contributed by atoms with Crippen LogP contribution in [0, 0.1) is 13.8 Å². The first-order valence-corrected chi connectivity index (χ1v) is 9.21. The lowest BCUT2D eigenvalue weighted by Crippen LogP contribution is -2.02. The molecule has 0 radical (unpaired) electrons. The Hall–Kier alpha value is -2.51. The summed E-state index contributed by atoms with van der Waals surface area (Å²) in [5.41, 5.74) is 3.16. The molecule has 0 bridgehead atoms. The summed E-state index contributed by atoms with van der Waals surface area (Å²) in [6.07, 6.45) is 3.12. The van der Waals surface area contributed by atoms with E-state index in [1.807, 2.05) is 32.0 Å². The number of aromatic nitrogens is 3. The second kappa shape index (κ2) is 6.78. The predicted molar refractivity (Wildman–Crippen MR) is 96.8 cm³/mol. The third-order valence-corrected chi connectivity index (χ3v) is 4.89. The van der Waals surface area contributed by atoms with Gasteiger partial charge in [-0.05, 0) is 60.4 Å². The Morgan fingerprint density at radius 3 is 2.52 bits per heavy atom. The van der Waals surface area contributed by atoms with Crippen LogP contribution >= 0.6 is 0 Å². The first-order valence-electron chi connectivity index (χ1n) is 7.66. The Bertz CT molecular complexity index is 905. The maximum absolute atomic E-state index is 11.5. The van der Waals surface area contributed by atoms with E-state index in [1.165, 1.54) is 10.9 Å². The van der Waals surface area contributed by atoms with Crippen LogP contribution < -0.4 is 4.74 Å². The van der Waals surface area contributed by atoms with Crippen molar-refractivity contribution in [1.29, 1.82) is 0 Å². The number of nitrogens with zero attached hydrogens (tertiary/aromatic N) is 3. The number of aromatic hydroxyl groups is 1. The molecule has 1 unspecified atom stereocenters. The first kappa shape index (κ1) is 17.3. The summed E-state index contributed by atoms with van der Waals surface area (Å²) < 4.78 is 18.1. The Kier molecular flexibility index (Phi) is 4.69. The minimum absolute atomic E-state index is 0.0138. The number of ether oxygens (including phenoxy) is 1. The summed E-state index contributed by atoms with van der Waals surface area (Å²) in [4.78, 5) is 4.87. The zero-order valence-electron chi connectivity index (χ0n) is 14.5. The van der Waals surface area contributed by atoms with Crippen LogP contribution in [0.15, 0.2) is 41.4 Å². The molecule has 7 heteroatoms. The average Bonchev–Trinajstić information content (AvgIpc) is 2.89. The van der Waals surface area contributed by atoms with Crippen molar-refractivity contribution in [3.05, 3.63) is 47.8 Å². The number of hydrogen-bond donors (Lipinski definition) is 1. The maximum Gasteiger partial charge on any atom is 0.223 e. The number of rotatable bonds is 4. The molecule has 6 nitrogen and oxygen atoms in total. The van der Waals surface area contributed by atoms with E-state index < -0.39 is 11.2 Å². The molecule has 3 rings (SSSR count). The Labute approximate surface area is 149 Å². The van der Waals surface area contributed by atoms with E-state index in [0.717, 1.165) is 16.9 Å². The van der Waals surface area contributed by atoms with E-state index in [0.29, 0.717) is 22.0 Å². The Balaban J connectivity index is 2.05. The fraction of sp³-hybridized carbons (Fsp3) is 0.222. The van der Waals surface area contributed by atoms with Crippen molar-refractivity contribution in [2.45, 2.75) is 18.7 Å². The normalized spacial score (nSPS) is 12.2.